The van der Waals surface area contributed by atoms with E-state index in [9.17, 15) is 9.18 Å². The Hall–Kier alpha value is -2.67. The summed E-state index contributed by atoms with van der Waals surface area (Å²) in [5.41, 5.74) is 3.59. The lowest BCUT2D eigenvalue weighted by Crippen LogP contribution is -2.26. The average Bonchev–Trinajstić information content (AvgIpc) is 3.43. The van der Waals surface area contributed by atoms with Gasteiger partial charge in [0.2, 0.25) is 0 Å². The first kappa shape index (κ1) is 19.6. The maximum atomic E-state index is 14.2. The van der Waals surface area contributed by atoms with Gasteiger partial charge in [0.05, 0.1) is 16.9 Å². The molecular weight excluding hydrogens is 387 g/mol. The van der Waals surface area contributed by atoms with Crippen molar-refractivity contribution < 1.29 is 9.18 Å². The molecule has 7 heteroatoms. The normalized spacial score (nSPS) is 13.8. The average molecular weight is 413 g/mol. The van der Waals surface area contributed by atoms with Crippen molar-refractivity contribution in [2.45, 2.75) is 33.1 Å². The van der Waals surface area contributed by atoms with Gasteiger partial charge in [-0.05, 0) is 44.9 Å². The summed E-state index contributed by atoms with van der Waals surface area (Å²) >= 11 is 1.67. The molecule has 2 aromatic heterocycles. The highest BCUT2D eigenvalue weighted by Gasteiger charge is 2.19. The van der Waals surface area contributed by atoms with Gasteiger partial charge >= 0.3 is 0 Å². The number of hydrogen-bond acceptors (Lipinski definition) is 4. The van der Waals surface area contributed by atoms with Crippen molar-refractivity contribution in [3.63, 3.8) is 0 Å². The van der Waals surface area contributed by atoms with E-state index in [2.05, 4.69) is 15.6 Å². The van der Waals surface area contributed by atoms with Crippen LogP contribution in [0.4, 0.5) is 9.52 Å². The molecule has 29 heavy (non-hydrogen) atoms. The van der Waals surface area contributed by atoms with Gasteiger partial charge < -0.3 is 14.8 Å². The molecule has 3 aromatic rings. The lowest BCUT2D eigenvalue weighted by Gasteiger charge is -2.12. The molecule has 1 aliphatic rings. The zero-order valence-corrected chi connectivity index (χ0v) is 17.6. The molecule has 3 heterocycles. The van der Waals surface area contributed by atoms with Crippen LogP contribution < -0.4 is 10.2 Å². The van der Waals surface area contributed by atoms with Crippen LogP contribution in [0.5, 0.6) is 0 Å². The smallest absolute Gasteiger partial charge is 0.253 e. The highest BCUT2D eigenvalue weighted by atomic mass is 32.1. The summed E-state index contributed by atoms with van der Waals surface area (Å²) in [6.45, 7) is 6.41. The SMILES string of the molecule is Cc1cc(C(=O)NCCc2csc(N3CCCC3)n2)c(C)n1-c1ccccc1F. The zero-order chi connectivity index (χ0) is 20.4. The Morgan fingerprint density at radius 2 is 2.00 bits per heavy atom. The van der Waals surface area contributed by atoms with Crippen molar-refractivity contribution in [1.29, 1.82) is 0 Å². The number of para-hydroxylation sites is 1. The van der Waals surface area contributed by atoms with Crippen molar-refractivity contribution in [2.24, 2.45) is 0 Å². The molecule has 0 bridgehead atoms. The lowest BCUT2D eigenvalue weighted by molar-refractivity contribution is 0.0953. The van der Waals surface area contributed by atoms with Gasteiger partial charge in [-0.15, -0.1) is 11.3 Å². The summed E-state index contributed by atoms with van der Waals surface area (Å²) in [4.78, 5) is 19.7. The Labute approximate surface area is 174 Å². The predicted molar refractivity (Wildman–Crippen MR) is 115 cm³/mol. The van der Waals surface area contributed by atoms with Gasteiger partial charge in [-0.25, -0.2) is 9.37 Å². The molecule has 1 N–H and O–H groups in total. The monoisotopic (exact) mass is 412 g/mol. The van der Waals surface area contributed by atoms with Crippen LogP contribution >= 0.6 is 11.3 Å². The van der Waals surface area contributed by atoms with Gasteiger partial charge in [-0.1, -0.05) is 12.1 Å². The van der Waals surface area contributed by atoms with E-state index in [4.69, 9.17) is 4.98 Å². The fraction of sp³-hybridized carbons (Fsp3) is 0.364. The zero-order valence-electron chi connectivity index (χ0n) is 16.7. The summed E-state index contributed by atoms with van der Waals surface area (Å²) in [5.74, 6) is -0.450. The molecular formula is C22H25FN4OS. The topological polar surface area (TPSA) is 50.2 Å². The number of thiazole rings is 1. The number of carbonyl (C=O) groups excluding carboxylic acids is 1. The Bertz CT molecular complexity index is 1020. The number of hydrogen-bond donors (Lipinski definition) is 1. The third-order valence-corrected chi connectivity index (χ3v) is 6.30. The van der Waals surface area contributed by atoms with E-state index in [1.54, 1.807) is 34.1 Å². The first-order valence-electron chi connectivity index (χ1n) is 9.96. The molecule has 0 radical (unpaired) electrons. The molecule has 0 atom stereocenters. The Morgan fingerprint density at radius 1 is 1.24 bits per heavy atom. The van der Waals surface area contributed by atoms with Gasteiger partial charge in [0.25, 0.3) is 5.91 Å². The maximum absolute atomic E-state index is 14.2. The molecule has 0 aliphatic carbocycles. The van der Waals surface area contributed by atoms with E-state index in [0.717, 1.165) is 35.3 Å². The third kappa shape index (κ3) is 4.05. The van der Waals surface area contributed by atoms with Crippen molar-refractivity contribution in [3.05, 3.63) is 64.2 Å². The highest BCUT2D eigenvalue weighted by molar-refractivity contribution is 7.13. The molecule has 0 spiro atoms. The third-order valence-electron chi connectivity index (χ3n) is 5.35. The van der Waals surface area contributed by atoms with Gasteiger partial charge in [0, 0.05) is 42.8 Å². The van der Waals surface area contributed by atoms with E-state index in [0.29, 0.717) is 24.2 Å². The number of rotatable bonds is 6. The molecule has 5 nitrogen and oxygen atoms in total. The van der Waals surface area contributed by atoms with Crippen LogP contribution in [0.3, 0.4) is 0 Å². The Balaban J connectivity index is 1.40. The van der Waals surface area contributed by atoms with Gasteiger partial charge in [-0.3, -0.25) is 4.79 Å². The number of halogens is 1. The van der Waals surface area contributed by atoms with Gasteiger partial charge in [0.15, 0.2) is 5.13 Å². The van der Waals surface area contributed by atoms with E-state index in [1.807, 2.05) is 19.9 Å². The summed E-state index contributed by atoms with van der Waals surface area (Å²) < 4.78 is 16.0. The molecule has 1 aromatic carbocycles. The second-order valence-electron chi connectivity index (χ2n) is 7.39. The molecule has 1 amide bonds. The van der Waals surface area contributed by atoms with Crippen LogP contribution in [-0.2, 0) is 6.42 Å². The number of amides is 1. The predicted octanol–water partition coefficient (Wildman–Crippen LogP) is 4.26. The summed E-state index contributed by atoms with van der Waals surface area (Å²) in [5, 5.41) is 6.13. The lowest BCUT2D eigenvalue weighted by atomic mass is 10.2. The van der Waals surface area contributed by atoms with Crippen molar-refractivity contribution in [3.8, 4) is 5.69 Å². The number of aryl methyl sites for hydroxylation is 1. The van der Waals surface area contributed by atoms with E-state index >= 15 is 0 Å². The number of anilines is 1. The van der Waals surface area contributed by atoms with Crippen LogP contribution in [-0.4, -0.2) is 35.1 Å². The van der Waals surface area contributed by atoms with E-state index in [-0.39, 0.29) is 11.7 Å². The van der Waals surface area contributed by atoms with Crippen LogP contribution in [0.1, 0.15) is 40.3 Å². The first-order chi connectivity index (χ1) is 14.0. The molecule has 1 saturated heterocycles. The fourth-order valence-electron chi connectivity index (χ4n) is 3.86. The first-order valence-corrected chi connectivity index (χ1v) is 10.8. The fourth-order valence-corrected chi connectivity index (χ4v) is 4.77. The second-order valence-corrected chi connectivity index (χ2v) is 8.23. The Morgan fingerprint density at radius 3 is 2.76 bits per heavy atom. The number of benzene rings is 1. The van der Waals surface area contributed by atoms with Crippen molar-refractivity contribution >= 4 is 22.4 Å². The minimum atomic E-state index is -0.307. The standard InChI is InChI=1S/C22H25FN4OS/c1-15-13-18(16(2)27(15)20-8-4-3-7-19(20)23)21(28)24-10-9-17-14-29-22(25-17)26-11-5-6-12-26/h3-4,7-8,13-14H,5-6,9-12H2,1-2H3,(H,24,28). The van der Waals surface area contributed by atoms with Gasteiger partial charge in [0.1, 0.15) is 5.82 Å². The molecule has 4 rings (SSSR count). The summed E-state index contributed by atoms with van der Waals surface area (Å²) in [7, 11) is 0. The summed E-state index contributed by atoms with van der Waals surface area (Å²) in [6, 6.07) is 8.41. The molecule has 152 valence electrons. The quantitative estimate of drug-likeness (QED) is 0.658. The van der Waals surface area contributed by atoms with Gasteiger partial charge in [-0.2, -0.15) is 0 Å². The van der Waals surface area contributed by atoms with Crippen molar-refractivity contribution in [1.82, 2.24) is 14.9 Å². The minimum Gasteiger partial charge on any atom is -0.352 e. The van der Waals surface area contributed by atoms with Crippen LogP contribution in [0.15, 0.2) is 35.7 Å². The highest BCUT2D eigenvalue weighted by Crippen LogP contribution is 2.25. The number of carbonyl (C=O) groups is 1. The molecule has 0 unspecified atom stereocenters. The minimum absolute atomic E-state index is 0.143. The number of nitrogens with zero attached hydrogens (tertiary/aromatic N) is 3. The number of nitrogens with one attached hydrogen (secondary N) is 1. The van der Waals surface area contributed by atoms with E-state index in [1.165, 1.54) is 18.9 Å². The Kier molecular flexibility index (Phi) is 5.67. The molecule has 0 saturated carbocycles. The van der Waals surface area contributed by atoms with Crippen LogP contribution in [0, 0.1) is 19.7 Å². The van der Waals surface area contributed by atoms with E-state index < -0.39 is 0 Å². The van der Waals surface area contributed by atoms with Crippen LogP contribution in [0.25, 0.3) is 5.69 Å². The maximum Gasteiger partial charge on any atom is 0.253 e. The largest absolute Gasteiger partial charge is 0.352 e. The summed E-state index contributed by atoms with van der Waals surface area (Å²) in [6.07, 6.45) is 3.16. The molecule has 1 fully saturated rings. The number of aromatic nitrogens is 2. The second kappa shape index (κ2) is 8.37. The molecule has 1 aliphatic heterocycles. The van der Waals surface area contributed by atoms with Crippen molar-refractivity contribution in [2.75, 3.05) is 24.5 Å². The van der Waals surface area contributed by atoms with Crippen LogP contribution in [0.2, 0.25) is 0 Å².